The van der Waals surface area contributed by atoms with Gasteiger partial charge in [-0.2, -0.15) is 0 Å². The molecular formula is C15H17N3O2S2. The van der Waals surface area contributed by atoms with Crippen LogP contribution in [0.15, 0.2) is 22.9 Å². The number of nitrogens with one attached hydrogen (secondary N) is 1. The first-order valence-corrected chi connectivity index (χ1v) is 8.84. The molecule has 2 atom stereocenters. The van der Waals surface area contributed by atoms with Crippen LogP contribution in [0.25, 0.3) is 0 Å². The fourth-order valence-electron chi connectivity index (χ4n) is 2.77. The standard InChI is InChI=1S/C15H17N3O2S2/c1-9-8-22-15(16-9)17-14(20)10-5-6-12(19)18(2)13(10)11-4-3-7-21-11/h3-4,7-8,10,13H,5-6H2,1-2H3,(H,16,17,20)/t10-,13+/m0/s1. The molecule has 0 spiro atoms. The first-order valence-electron chi connectivity index (χ1n) is 7.08. The Labute approximate surface area is 137 Å². The van der Waals surface area contributed by atoms with Crippen LogP contribution in [0.5, 0.6) is 0 Å². The summed E-state index contributed by atoms with van der Waals surface area (Å²) in [5.41, 5.74) is 0.894. The summed E-state index contributed by atoms with van der Waals surface area (Å²) in [7, 11) is 1.78. The summed E-state index contributed by atoms with van der Waals surface area (Å²) in [5.74, 6) is -0.217. The third-order valence-corrected chi connectivity index (χ3v) is 5.70. The molecule has 2 amide bonds. The average Bonchev–Trinajstić information content (AvgIpc) is 3.13. The van der Waals surface area contributed by atoms with Crippen LogP contribution in [-0.4, -0.2) is 28.7 Å². The molecule has 5 nitrogen and oxygen atoms in total. The molecule has 2 aromatic heterocycles. The number of aromatic nitrogens is 1. The quantitative estimate of drug-likeness (QED) is 0.938. The zero-order chi connectivity index (χ0) is 15.7. The lowest BCUT2D eigenvalue weighted by molar-refractivity contribution is -0.140. The van der Waals surface area contributed by atoms with Crippen LogP contribution in [0.2, 0.25) is 0 Å². The number of rotatable bonds is 3. The van der Waals surface area contributed by atoms with E-state index in [0.29, 0.717) is 18.0 Å². The van der Waals surface area contributed by atoms with Gasteiger partial charge >= 0.3 is 0 Å². The average molecular weight is 335 g/mol. The maximum absolute atomic E-state index is 12.7. The third-order valence-electron chi connectivity index (χ3n) is 3.88. The summed E-state index contributed by atoms with van der Waals surface area (Å²) in [6.07, 6.45) is 0.981. The predicted octanol–water partition coefficient (Wildman–Crippen LogP) is 3.06. The van der Waals surface area contributed by atoms with Crippen molar-refractivity contribution in [2.45, 2.75) is 25.8 Å². The Bertz CT molecular complexity index is 681. The molecule has 0 unspecified atom stereocenters. The number of piperidine rings is 1. The van der Waals surface area contributed by atoms with E-state index in [4.69, 9.17) is 0 Å². The summed E-state index contributed by atoms with van der Waals surface area (Å²) >= 11 is 3.00. The van der Waals surface area contributed by atoms with Gasteiger partial charge in [-0.25, -0.2) is 4.98 Å². The van der Waals surface area contributed by atoms with Gasteiger partial charge in [0.15, 0.2) is 5.13 Å². The van der Waals surface area contributed by atoms with Gasteiger partial charge in [0.25, 0.3) is 0 Å². The van der Waals surface area contributed by atoms with E-state index in [1.165, 1.54) is 11.3 Å². The molecule has 22 heavy (non-hydrogen) atoms. The molecule has 3 heterocycles. The van der Waals surface area contributed by atoms with Crippen LogP contribution in [-0.2, 0) is 9.59 Å². The van der Waals surface area contributed by atoms with Crippen molar-refractivity contribution in [3.05, 3.63) is 33.5 Å². The molecule has 1 fully saturated rings. The second-order valence-electron chi connectivity index (χ2n) is 5.39. The summed E-state index contributed by atoms with van der Waals surface area (Å²) in [6, 6.07) is 3.74. The zero-order valence-electron chi connectivity index (χ0n) is 12.4. The number of anilines is 1. The van der Waals surface area contributed by atoms with E-state index in [2.05, 4.69) is 10.3 Å². The second-order valence-corrected chi connectivity index (χ2v) is 7.23. The van der Waals surface area contributed by atoms with E-state index >= 15 is 0 Å². The number of aryl methyl sites for hydroxylation is 1. The van der Waals surface area contributed by atoms with Crippen LogP contribution in [0.3, 0.4) is 0 Å². The normalized spacial score (nSPS) is 21.9. The van der Waals surface area contributed by atoms with Crippen molar-refractivity contribution in [2.75, 3.05) is 12.4 Å². The van der Waals surface area contributed by atoms with Gasteiger partial charge in [-0.15, -0.1) is 22.7 Å². The lowest BCUT2D eigenvalue weighted by Gasteiger charge is -2.37. The molecule has 0 radical (unpaired) electrons. The van der Waals surface area contributed by atoms with Gasteiger partial charge in [-0.3, -0.25) is 9.59 Å². The molecule has 1 aliphatic rings. The first-order chi connectivity index (χ1) is 10.6. The molecule has 0 bridgehead atoms. The van der Waals surface area contributed by atoms with Crippen molar-refractivity contribution in [1.82, 2.24) is 9.88 Å². The number of carbonyl (C=O) groups excluding carboxylic acids is 2. The molecule has 116 valence electrons. The molecule has 1 saturated heterocycles. The Balaban J connectivity index is 1.83. The summed E-state index contributed by atoms with van der Waals surface area (Å²) in [6.45, 7) is 1.90. The zero-order valence-corrected chi connectivity index (χ0v) is 14.0. The van der Waals surface area contributed by atoms with Crippen molar-refractivity contribution in [3.63, 3.8) is 0 Å². The van der Waals surface area contributed by atoms with Gasteiger partial charge in [0.05, 0.1) is 17.7 Å². The van der Waals surface area contributed by atoms with E-state index in [1.807, 2.05) is 29.8 Å². The van der Waals surface area contributed by atoms with E-state index in [9.17, 15) is 9.59 Å². The summed E-state index contributed by atoms with van der Waals surface area (Å²) in [5, 5.41) is 7.39. The number of carbonyl (C=O) groups is 2. The first kappa shape index (κ1) is 15.2. The molecule has 1 N–H and O–H groups in total. The summed E-state index contributed by atoms with van der Waals surface area (Å²) < 4.78 is 0. The van der Waals surface area contributed by atoms with Crippen molar-refractivity contribution >= 4 is 39.6 Å². The Kier molecular flexibility index (Phi) is 4.26. The number of hydrogen-bond donors (Lipinski definition) is 1. The number of nitrogens with zero attached hydrogens (tertiary/aromatic N) is 2. The number of thiazole rings is 1. The maximum Gasteiger partial charge on any atom is 0.231 e. The largest absolute Gasteiger partial charge is 0.337 e. The Morgan fingerprint density at radius 2 is 2.27 bits per heavy atom. The molecule has 7 heteroatoms. The minimum Gasteiger partial charge on any atom is -0.337 e. The van der Waals surface area contributed by atoms with E-state index in [1.54, 1.807) is 23.3 Å². The minimum atomic E-state index is -0.245. The topological polar surface area (TPSA) is 62.3 Å². The van der Waals surface area contributed by atoms with E-state index < -0.39 is 0 Å². The molecule has 2 aromatic rings. The maximum atomic E-state index is 12.7. The highest BCUT2D eigenvalue weighted by Gasteiger charge is 2.39. The molecule has 0 aromatic carbocycles. The van der Waals surface area contributed by atoms with Gasteiger partial charge in [-0.05, 0) is 24.8 Å². The molecule has 3 rings (SSSR count). The van der Waals surface area contributed by atoms with E-state index in [0.717, 1.165) is 10.6 Å². The third kappa shape index (κ3) is 2.91. The molecular weight excluding hydrogens is 318 g/mol. The highest BCUT2D eigenvalue weighted by atomic mass is 32.1. The number of thiophene rings is 1. The van der Waals surface area contributed by atoms with E-state index in [-0.39, 0.29) is 23.8 Å². The van der Waals surface area contributed by atoms with Crippen molar-refractivity contribution in [1.29, 1.82) is 0 Å². The summed E-state index contributed by atoms with van der Waals surface area (Å²) in [4.78, 5) is 31.7. The van der Waals surface area contributed by atoms with Crippen molar-refractivity contribution < 1.29 is 9.59 Å². The smallest absolute Gasteiger partial charge is 0.231 e. The van der Waals surface area contributed by atoms with Gasteiger partial charge in [0.2, 0.25) is 11.8 Å². The highest BCUT2D eigenvalue weighted by Crippen LogP contribution is 2.38. The Hall–Kier alpha value is -1.73. The van der Waals surface area contributed by atoms with Crippen molar-refractivity contribution in [3.8, 4) is 0 Å². The minimum absolute atomic E-state index is 0.0629. The molecule has 0 aliphatic carbocycles. The number of amides is 2. The number of hydrogen-bond acceptors (Lipinski definition) is 5. The van der Waals surface area contributed by atoms with Crippen molar-refractivity contribution in [2.24, 2.45) is 5.92 Å². The highest BCUT2D eigenvalue weighted by molar-refractivity contribution is 7.14. The van der Waals surface area contributed by atoms with Crippen LogP contribution >= 0.6 is 22.7 Å². The van der Waals surface area contributed by atoms with Gasteiger partial charge < -0.3 is 10.2 Å². The monoisotopic (exact) mass is 335 g/mol. The Morgan fingerprint density at radius 3 is 2.91 bits per heavy atom. The fourth-order valence-corrected chi connectivity index (χ4v) is 4.40. The molecule has 1 aliphatic heterocycles. The van der Waals surface area contributed by atoms with Crippen LogP contribution in [0, 0.1) is 12.8 Å². The van der Waals surface area contributed by atoms with Crippen LogP contribution < -0.4 is 5.32 Å². The van der Waals surface area contributed by atoms with Crippen LogP contribution in [0.1, 0.15) is 29.5 Å². The fraction of sp³-hybridized carbons (Fsp3) is 0.400. The Morgan fingerprint density at radius 1 is 1.45 bits per heavy atom. The molecule has 0 saturated carbocycles. The second kappa shape index (κ2) is 6.18. The van der Waals surface area contributed by atoms with Crippen LogP contribution in [0.4, 0.5) is 5.13 Å². The lowest BCUT2D eigenvalue weighted by Crippen LogP contribution is -2.44. The predicted molar refractivity (Wildman–Crippen MR) is 88.0 cm³/mol. The number of likely N-dealkylation sites (tertiary alicyclic amines) is 1. The SMILES string of the molecule is Cc1csc(NC(=O)[C@H]2CCC(=O)N(C)[C@H]2c2cccs2)n1. The van der Waals surface area contributed by atoms with Gasteiger partial charge in [0, 0.05) is 23.7 Å². The van der Waals surface area contributed by atoms with Gasteiger partial charge in [0.1, 0.15) is 0 Å². The lowest BCUT2D eigenvalue weighted by atomic mass is 9.87. The van der Waals surface area contributed by atoms with Gasteiger partial charge in [-0.1, -0.05) is 6.07 Å².